The van der Waals surface area contributed by atoms with Crippen LogP contribution in [-0.2, 0) is 0 Å². The monoisotopic (exact) mass is 374 g/mol. The second-order valence-electron chi connectivity index (χ2n) is 6.89. The summed E-state index contributed by atoms with van der Waals surface area (Å²) in [6.07, 6.45) is 1.80. The first-order valence-electron chi connectivity index (χ1n) is 9.49. The lowest BCUT2D eigenvalue weighted by Gasteiger charge is -2.12. The van der Waals surface area contributed by atoms with E-state index in [1.165, 1.54) is 0 Å². The van der Waals surface area contributed by atoms with E-state index in [0.29, 0.717) is 0 Å². The number of rotatable bonds is 3. The molecule has 0 aliphatic heterocycles. The highest BCUT2D eigenvalue weighted by Crippen LogP contribution is 2.35. The smallest absolute Gasteiger partial charge is 0.124 e. The number of para-hydroxylation sites is 1. The summed E-state index contributed by atoms with van der Waals surface area (Å²) in [5.74, 6) is 0.226. The second-order valence-corrected chi connectivity index (χ2v) is 6.89. The van der Waals surface area contributed by atoms with Crippen molar-refractivity contribution >= 4 is 10.8 Å². The zero-order chi connectivity index (χ0) is 19.6. The average Bonchev–Trinajstić information content (AvgIpc) is 2.79. The van der Waals surface area contributed by atoms with Crippen molar-refractivity contribution in [1.82, 2.24) is 9.97 Å². The van der Waals surface area contributed by atoms with Crippen molar-refractivity contribution in [2.24, 2.45) is 0 Å². The molecule has 0 fully saturated rings. The highest BCUT2D eigenvalue weighted by Gasteiger charge is 2.13. The number of benzene rings is 3. The molecule has 0 unspecified atom stereocenters. The first-order valence-corrected chi connectivity index (χ1v) is 9.49. The number of phenolic OH excluding ortho intramolecular Hbond substituents is 1. The Hall–Kier alpha value is -3.98. The summed E-state index contributed by atoms with van der Waals surface area (Å²) in [6.45, 7) is 0. The summed E-state index contributed by atoms with van der Waals surface area (Å²) in [5.41, 5.74) is 5.35. The van der Waals surface area contributed by atoms with Crippen LogP contribution in [0.2, 0.25) is 0 Å². The number of aromatic nitrogens is 2. The largest absolute Gasteiger partial charge is 0.507 e. The molecule has 0 amide bonds. The Morgan fingerprint density at radius 2 is 1.38 bits per heavy atom. The molecule has 0 atom stereocenters. The molecule has 3 nitrogen and oxygen atoms in total. The van der Waals surface area contributed by atoms with E-state index in [9.17, 15) is 5.11 Å². The Labute approximate surface area is 169 Å². The molecule has 0 bridgehead atoms. The topological polar surface area (TPSA) is 46.0 Å². The highest BCUT2D eigenvalue weighted by molar-refractivity contribution is 5.98. The van der Waals surface area contributed by atoms with Crippen LogP contribution in [0.25, 0.3) is 44.5 Å². The van der Waals surface area contributed by atoms with Gasteiger partial charge in [0, 0.05) is 28.3 Å². The van der Waals surface area contributed by atoms with Gasteiger partial charge in [0.2, 0.25) is 0 Å². The summed E-state index contributed by atoms with van der Waals surface area (Å²) in [7, 11) is 0. The van der Waals surface area contributed by atoms with Crippen LogP contribution in [0, 0.1) is 0 Å². The molecular weight excluding hydrogens is 356 g/mol. The van der Waals surface area contributed by atoms with Crippen LogP contribution in [0.3, 0.4) is 0 Å². The van der Waals surface area contributed by atoms with Gasteiger partial charge in [-0.1, -0.05) is 60.7 Å². The second kappa shape index (κ2) is 7.21. The number of pyridine rings is 2. The fourth-order valence-electron chi connectivity index (χ4n) is 3.60. The fraction of sp³-hybridized carbons (Fsp3) is 0. The average molecular weight is 374 g/mol. The Kier molecular flexibility index (Phi) is 4.26. The van der Waals surface area contributed by atoms with E-state index in [-0.39, 0.29) is 5.75 Å². The molecule has 0 saturated carbocycles. The quantitative estimate of drug-likeness (QED) is 0.401. The molecule has 3 aromatic carbocycles. The first kappa shape index (κ1) is 17.1. The predicted octanol–water partition coefficient (Wildman–Crippen LogP) is 6.34. The molecule has 138 valence electrons. The van der Waals surface area contributed by atoms with Crippen molar-refractivity contribution < 1.29 is 5.11 Å². The van der Waals surface area contributed by atoms with E-state index in [1.54, 1.807) is 12.3 Å². The van der Waals surface area contributed by atoms with Gasteiger partial charge in [-0.2, -0.15) is 0 Å². The van der Waals surface area contributed by atoms with Gasteiger partial charge < -0.3 is 5.11 Å². The van der Waals surface area contributed by atoms with Gasteiger partial charge in [-0.05, 0) is 41.8 Å². The van der Waals surface area contributed by atoms with Crippen LogP contribution in [0.4, 0.5) is 0 Å². The fourth-order valence-corrected chi connectivity index (χ4v) is 3.60. The van der Waals surface area contributed by atoms with Gasteiger partial charge in [-0.15, -0.1) is 0 Å². The minimum atomic E-state index is 0.226. The molecular formula is C26H18N2O. The van der Waals surface area contributed by atoms with Crippen molar-refractivity contribution in [3.63, 3.8) is 0 Å². The van der Waals surface area contributed by atoms with Crippen molar-refractivity contribution in [3.8, 4) is 39.5 Å². The predicted molar refractivity (Wildman–Crippen MR) is 118 cm³/mol. The molecule has 2 aromatic heterocycles. The Balaban J connectivity index is 1.72. The number of hydrogen-bond donors (Lipinski definition) is 1. The van der Waals surface area contributed by atoms with Gasteiger partial charge in [-0.25, -0.2) is 4.98 Å². The van der Waals surface area contributed by atoms with Gasteiger partial charge in [0.15, 0.2) is 0 Å². The van der Waals surface area contributed by atoms with Crippen LogP contribution in [0.15, 0.2) is 103 Å². The number of nitrogens with zero attached hydrogens (tertiary/aromatic N) is 2. The maximum atomic E-state index is 10.4. The minimum Gasteiger partial charge on any atom is -0.507 e. The van der Waals surface area contributed by atoms with Crippen molar-refractivity contribution in [1.29, 1.82) is 0 Å². The SMILES string of the molecule is Oc1ccccc1-c1nc(-c2cccc(-c3ccccn3)c2)cc2ccccc12. The Bertz CT molecular complexity index is 1310. The van der Waals surface area contributed by atoms with E-state index in [2.05, 4.69) is 35.3 Å². The third-order valence-corrected chi connectivity index (χ3v) is 5.02. The number of phenols is 1. The van der Waals surface area contributed by atoms with E-state index >= 15 is 0 Å². The van der Waals surface area contributed by atoms with Crippen LogP contribution >= 0.6 is 0 Å². The Morgan fingerprint density at radius 1 is 0.621 bits per heavy atom. The lowest BCUT2D eigenvalue weighted by Crippen LogP contribution is -1.92. The van der Waals surface area contributed by atoms with E-state index in [4.69, 9.17) is 4.98 Å². The molecule has 2 heterocycles. The van der Waals surface area contributed by atoms with Crippen molar-refractivity contribution in [3.05, 3.63) is 103 Å². The van der Waals surface area contributed by atoms with Gasteiger partial charge >= 0.3 is 0 Å². The van der Waals surface area contributed by atoms with Crippen molar-refractivity contribution in [2.75, 3.05) is 0 Å². The first-order chi connectivity index (χ1) is 14.3. The highest BCUT2D eigenvalue weighted by atomic mass is 16.3. The lowest BCUT2D eigenvalue weighted by molar-refractivity contribution is 0.477. The molecule has 0 radical (unpaired) electrons. The molecule has 3 heteroatoms. The summed E-state index contributed by atoms with van der Waals surface area (Å²) in [6, 6.07) is 31.7. The maximum Gasteiger partial charge on any atom is 0.124 e. The maximum absolute atomic E-state index is 10.4. The van der Waals surface area contributed by atoms with Gasteiger partial charge in [0.05, 0.1) is 17.1 Å². The summed E-state index contributed by atoms with van der Waals surface area (Å²) in [5, 5.41) is 12.5. The Morgan fingerprint density at radius 3 is 2.21 bits per heavy atom. The van der Waals surface area contributed by atoms with Gasteiger partial charge in [0.1, 0.15) is 5.75 Å². The van der Waals surface area contributed by atoms with Crippen LogP contribution < -0.4 is 0 Å². The molecule has 5 rings (SSSR count). The minimum absolute atomic E-state index is 0.226. The molecule has 0 aliphatic carbocycles. The molecule has 5 aromatic rings. The standard InChI is InChI=1S/C26H18N2O/c29-25-14-4-3-12-22(25)26-21-11-2-1-8-18(21)17-24(28-26)20-10-7-9-19(16-20)23-13-5-6-15-27-23/h1-17,29H. The molecule has 0 spiro atoms. The molecule has 29 heavy (non-hydrogen) atoms. The molecule has 1 N–H and O–H groups in total. The van der Waals surface area contributed by atoms with Crippen LogP contribution in [0.1, 0.15) is 0 Å². The zero-order valence-electron chi connectivity index (χ0n) is 15.7. The normalized spacial score (nSPS) is 10.9. The van der Waals surface area contributed by atoms with E-state index in [1.807, 2.05) is 60.7 Å². The zero-order valence-corrected chi connectivity index (χ0v) is 15.7. The third-order valence-electron chi connectivity index (χ3n) is 5.02. The molecule has 0 aliphatic rings. The van der Waals surface area contributed by atoms with Gasteiger partial charge in [-0.3, -0.25) is 4.98 Å². The number of aromatic hydroxyl groups is 1. The van der Waals surface area contributed by atoms with E-state index in [0.717, 1.165) is 44.5 Å². The summed E-state index contributed by atoms with van der Waals surface area (Å²) >= 11 is 0. The summed E-state index contributed by atoms with van der Waals surface area (Å²) < 4.78 is 0. The number of fused-ring (bicyclic) bond motifs is 1. The molecule has 0 saturated heterocycles. The van der Waals surface area contributed by atoms with Crippen molar-refractivity contribution in [2.45, 2.75) is 0 Å². The summed E-state index contributed by atoms with van der Waals surface area (Å²) in [4.78, 5) is 9.41. The van der Waals surface area contributed by atoms with E-state index < -0.39 is 0 Å². The lowest BCUT2D eigenvalue weighted by atomic mass is 9.99. The number of hydrogen-bond acceptors (Lipinski definition) is 3. The van der Waals surface area contributed by atoms with Crippen LogP contribution in [0.5, 0.6) is 5.75 Å². The third kappa shape index (κ3) is 3.23. The van der Waals surface area contributed by atoms with Crippen LogP contribution in [-0.4, -0.2) is 15.1 Å². The van der Waals surface area contributed by atoms with Gasteiger partial charge in [0.25, 0.3) is 0 Å².